The monoisotopic (exact) mass is 289 g/mol. The van der Waals surface area contributed by atoms with Gasteiger partial charge >= 0.3 is 5.97 Å². The van der Waals surface area contributed by atoms with Crippen molar-refractivity contribution >= 4 is 5.97 Å². The summed E-state index contributed by atoms with van der Waals surface area (Å²) in [6.07, 6.45) is 0. The van der Waals surface area contributed by atoms with Crippen LogP contribution in [0.25, 0.3) is 0 Å². The minimum absolute atomic E-state index is 0.0192. The minimum Gasteiger partial charge on any atom is -0.466 e. The van der Waals surface area contributed by atoms with Gasteiger partial charge in [-0.3, -0.25) is 9.69 Å². The average Bonchev–Trinajstić information content (AvgIpc) is 2.47. The smallest absolute Gasteiger partial charge is 0.309 e. The number of ether oxygens (including phenoxy) is 2. The van der Waals surface area contributed by atoms with E-state index in [1.54, 1.807) is 0 Å². The zero-order chi connectivity index (χ0) is 14.7. The van der Waals surface area contributed by atoms with Gasteiger partial charge < -0.3 is 9.47 Å². The third-order valence-corrected chi connectivity index (χ3v) is 4.47. The van der Waals surface area contributed by atoms with Crippen molar-refractivity contribution in [3.05, 3.63) is 35.9 Å². The summed E-state index contributed by atoms with van der Waals surface area (Å²) in [4.78, 5) is 14.6. The number of carbonyl (C=O) groups excluding carboxylic acids is 1. The number of benzene rings is 1. The van der Waals surface area contributed by atoms with Gasteiger partial charge in [-0.05, 0) is 12.5 Å². The first-order valence-electron chi connectivity index (χ1n) is 7.78. The summed E-state index contributed by atoms with van der Waals surface area (Å²) >= 11 is 0. The number of nitrogens with zero attached hydrogens (tertiary/aromatic N) is 1. The highest BCUT2D eigenvalue weighted by Gasteiger charge is 2.44. The molecule has 114 valence electrons. The maximum Gasteiger partial charge on any atom is 0.309 e. The third-order valence-electron chi connectivity index (χ3n) is 4.47. The normalized spacial score (nSPS) is 29.1. The molecule has 2 fully saturated rings. The SMILES string of the molecule is CCOC(=O)C1C2COCC1CN(Cc1ccccc1)C2. The molecule has 0 aliphatic carbocycles. The maximum atomic E-state index is 12.2. The highest BCUT2D eigenvalue weighted by Crippen LogP contribution is 2.34. The fourth-order valence-electron chi connectivity index (χ4n) is 3.63. The Morgan fingerprint density at radius 1 is 1.24 bits per heavy atom. The molecule has 2 atom stereocenters. The van der Waals surface area contributed by atoms with E-state index < -0.39 is 0 Å². The highest BCUT2D eigenvalue weighted by molar-refractivity contribution is 5.73. The number of fused-ring (bicyclic) bond motifs is 2. The van der Waals surface area contributed by atoms with E-state index in [2.05, 4.69) is 29.2 Å². The summed E-state index contributed by atoms with van der Waals surface area (Å²) in [5.41, 5.74) is 1.33. The minimum atomic E-state index is -0.0323. The van der Waals surface area contributed by atoms with Crippen LogP contribution in [0.3, 0.4) is 0 Å². The van der Waals surface area contributed by atoms with Crippen LogP contribution in [0.4, 0.5) is 0 Å². The van der Waals surface area contributed by atoms with Crippen molar-refractivity contribution < 1.29 is 14.3 Å². The lowest BCUT2D eigenvalue weighted by Crippen LogP contribution is -2.54. The van der Waals surface area contributed by atoms with Crippen LogP contribution in [-0.4, -0.2) is 43.8 Å². The van der Waals surface area contributed by atoms with Gasteiger partial charge in [-0.25, -0.2) is 0 Å². The highest BCUT2D eigenvalue weighted by atomic mass is 16.5. The van der Waals surface area contributed by atoms with Gasteiger partial charge in [0, 0.05) is 31.5 Å². The fourth-order valence-corrected chi connectivity index (χ4v) is 3.63. The zero-order valence-corrected chi connectivity index (χ0v) is 12.5. The van der Waals surface area contributed by atoms with E-state index in [1.165, 1.54) is 5.56 Å². The van der Waals surface area contributed by atoms with Crippen molar-refractivity contribution in [2.45, 2.75) is 13.5 Å². The van der Waals surface area contributed by atoms with Gasteiger partial charge in [0.15, 0.2) is 0 Å². The van der Waals surface area contributed by atoms with Crippen LogP contribution in [0.2, 0.25) is 0 Å². The van der Waals surface area contributed by atoms with Crippen molar-refractivity contribution in [1.29, 1.82) is 0 Å². The molecule has 0 aromatic heterocycles. The summed E-state index contributed by atoms with van der Waals surface area (Å²) in [5.74, 6) is 0.515. The lowest BCUT2D eigenvalue weighted by atomic mass is 9.76. The molecule has 4 heteroatoms. The number of carbonyl (C=O) groups is 1. The third kappa shape index (κ3) is 3.27. The van der Waals surface area contributed by atoms with E-state index in [0.717, 1.165) is 19.6 Å². The van der Waals surface area contributed by atoms with Crippen LogP contribution in [-0.2, 0) is 20.8 Å². The van der Waals surface area contributed by atoms with E-state index in [9.17, 15) is 4.79 Å². The summed E-state index contributed by atoms with van der Waals surface area (Å²) in [5, 5.41) is 0. The molecule has 0 amide bonds. The fraction of sp³-hybridized carbons (Fsp3) is 0.588. The Morgan fingerprint density at radius 2 is 1.90 bits per heavy atom. The molecule has 4 nitrogen and oxygen atoms in total. The predicted molar refractivity (Wildman–Crippen MR) is 79.6 cm³/mol. The standard InChI is InChI=1S/C17H23NO3/c1-2-21-17(19)16-14-9-18(10-15(16)12-20-11-14)8-13-6-4-3-5-7-13/h3-7,14-16H,2,8-12H2,1H3. The topological polar surface area (TPSA) is 38.8 Å². The molecule has 0 spiro atoms. The molecule has 3 rings (SSSR count). The number of likely N-dealkylation sites (tertiary alicyclic amines) is 1. The predicted octanol–water partition coefficient (Wildman–Crippen LogP) is 1.94. The van der Waals surface area contributed by atoms with Crippen LogP contribution in [0, 0.1) is 17.8 Å². The van der Waals surface area contributed by atoms with E-state index >= 15 is 0 Å². The second kappa shape index (κ2) is 6.58. The Hall–Kier alpha value is -1.39. The van der Waals surface area contributed by atoms with Gasteiger partial charge in [-0.2, -0.15) is 0 Å². The molecule has 2 bridgehead atoms. The Bertz CT molecular complexity index is 462. The molecule has 0 N–H and O–H groups in total. The van der Waals surface area contributed by atoms with Gasteiger partial charge in [0.2, 0.25) is 0 Å². The number of esters is 1. The van der Waals surface area contributed by atoms with Crippen LogP contribution in [0.15, 0.2) is 30.3 Å². The first-order valence-corrected chi connectivity index (χ1v) is 7.78. The van der Waals surface area contributed by atoms with E-state index in [0.29, 0.717) is 19.8 Å². The lowest BCUT2D eigenvalue weighted by Gasteiger charge is -2.45. The summed E-state index contributed by atoms with van der Waals surface area (Å²) in [7, 11) is 0. The number of rotatable bonds is 4. The van der Waals surface area contributed by atoms with Crippen molar-refractivity contribution in [3.8, 4) is 0 Å². The number of piperidine rings is 1. The average molecular weight is 289 g/mol. The second-order valence-corrected chi connectivity index (χ2v) is 6.02. The van der Waals surface area contributed by atoms with Gasteiger partial charge in [0.1, 0.15) is 0 Å². The number of hydrogen-bond donors (Lipinski definition) is 0. The Balaban J connectivity index is 1.67. The first-order chi connectivity index (χ1) is 10.3. The van der Waals surface area contributed by atoms with Crippen LogP contribution < -0.4 is 0 Å². The molecule has 2 aliphatic rings. The van der Waals surface area contributed by atoms with Crippen LogP contribution in [0.5, 0.6) is 0 Å². The molecule has 2 saturated heterocycles. The Kier molecular flexibility index (Phi) is 4.56. The lowest BCUT2D eigenvalue weighted by molar-refractivity contribution is -0.166. The van der Waals surface area contributed by atoms with Crippen LogP contribution in [0.1, 0.15) is 12.5 Å². The molecular formula is C17H23NO3. The molecule has 0 radical (unpaired) electrons. The van der Waals surface area contributed by atoms with Gasteiger partial charge in [-0.15, -0.1) is 0 Å². The second-order valence-electron chi connectivity index (χ2n) is 6.02. The van der Waals surface area contributed by atoms with Gasteiger partial charge in [0.25, 0.3) is 0 Å². The summed E-state index contributed by atoms with van der Waals surface area (Å²) in [6.45, 7) is 6.45. The van der Waals surface area contributed by atoms with Crippen molar-refractivity contribution in [2.24, 2.45) is 17.8 Å². The van der Waals surface area contributed by atoms with Gasteiger partial charge in [-0.1, -0.05) is 30.3 Å². The molecular weight excluding hydrogens is 266 g/mol. The Labute approximate surface area is 126 Å². The molecule has 21 heavy (non-hydrogen) atoms. The largest absolute Gasteiger partial charge is 0.466 e. The molecule has 1 aromatic rings. The number of hydrogen-bond acceptors (Lipinski definition) is 4. The first kappa shape index (κ1) is 14.5. The Morgan fingerprint density at radius 3 is 2.52 bits per heavy atom. The molecule has 2 aliphatic heterocycles. The van der Waals surface area contributed by atoms with Crippen molar-refractivity contribution in [1.82, 2.24) is 4.90 Å². The van der Waals surface area contributed by atoms with Crippen molar-refractivity contribution in [3.63, 3.8) is 0 Å². The van der Waals surface area contributed by atoms with Gasteiger partial charge in [0.05, 0.1) is 25.7 Å². The quantitative estimate of drug-likeness (QED) is 0.794. The van der Waals surface area contributed by atoms with Crippen molar-refractivity contribution in [2.75, 3.05) is 32.9 Å². The van der Waals surface area contributed by atoms with E-state index in [-0.39, 0.29) is 23.7 Å². The molecule has 2 unspecified atom stereocenters. The summed E-state index contributed by atoms with van der Waals surface area (Å²) in [6, 6.07) is 10.5. The molecule has 0 saturated carbocycles. The van der Waals surface area contributed by atoms with Crippen LogP contribution >= 0.6 is 0 Å². The molecule has 2 heterocycles. The molecule has 1 aromatic carbocycles. The maximum absolute atomic E-state index is 12.2. The van der Waals surface area contributed by atoms with E-state index in [1.807, 2.05) is 13.0 Å². The zero-order valence-electron chi connectivity index (χ0n) is 12.5. The van der Waals surface area contributed by atoms with E-state index in [4.69, 9.17) is 9.47 Å². The summed E-state index contributed by atoms with van der Waals surface area (Å²) < 4.78 is 10.9.